The summed E-state index contributed by atoms with van der Waals surface area (Å²) in [5, 5.41) is 8.41. The first-order chi connectivity index (χ1) is 3.93. The molecule has 1 aliphatic carbocycles. The van der Waals surface area contributed by atoms with E-state index in [0.29, 0.717) is 5.92 Å². The highest BCUT2D eigenvalue weighted by atomic mass is 14.3. The van der Waals surface area contributed by atoms with Crippen LogP contribution in [0.2, 0.25) is 0 Å². The zero-order chi connectivity index (χ0) is 5.82. The van der Waals surface area contributed by atoms with Crippen LogP contribution in [0.3, 0.4) is 0 Å². The van der Waals surface area contributed by atoms with E-state index in [1.165, 1.54) is 0 Å². The van der Waals surface area contributed by atoms with Gasteiger partial charge in [-0.1, -0.05) is 12.2 Å². The highest BCUT2D eigenvalue weighted by Gasteiger charge is 2.05. The topological polar surface area (TPSA) is 23.8 Å². The van der Waals surface area contributed by atoms with Crippen molar-refractivity contribution in [1.82, 2.24) is 0 Å². The molecule has 0 unspecified atom stereocenters. The van der Waals surface area contributed by atoms with Gasteiger partial charge in [-0.2, -0.15) is 5.26 Å². The molecule has 0 fully saturated rings. The van der Waals surface area contributed by atoms with Gasteiger partial charge in [0.25, 0.3) is 0 Å². The Bertz CT molecular complexity index is 130. The van der Waals surface area contributed by atoms with Crippen molar-refractivity contribution < 1.29 is 0 Å². The standard InChI is InChI=1S/C7H9N/c8-6-7-4-2-1-3-5-7/h1-2,7H,3-5H2/t7-/m0/s1. The van der Waals surface area contributed by atoms with Gasteiger partial charge in [-0.05, 0) is 19.3 Å². The van der Waals surface area contributed by atoms with E-state index in [4.69, 9.17) is 5.26 Å². The van der Waals surface area contributed by atoms with E-state index in [2.05, 4.69) is 18.2 Å². The minimum absolute atomic E-state index is 0.306. The summed E-state index contributed by atoms with van der Waals surface area (Å²) < 4.78 is 0. The third-order valence-corrected chi connectivity index (χ3v) is 1.45. The second-order valence-corrected chi connectivity index (χ2v) is 2.11. The van der Waals surface area contributed by atoms with E-state index >= 15 is 0 Å². The number of rotatable bonds is 0. The Balaban J connectivity index is 2.41. The molecule has 1 atom stereocenters. The van der Waals surface area contributed by atoms with Crippen molar-refractivity contribution in [1.29, 1.82) is 5.26 Å². The first-order valence-corrected chi connectivity index (χ1v) is 2.98. The third-order valence-electron chi connectivity index (χ3n) is 1.45. The molecular weight excluding hydrogens is 98.1 g/mol. The van der Waals surface area contributed by atoms with Crippen molar-refractivity contribution in [2.75, 3.05) is 0 Å². The fourth-order valence-electron chi connectivity index (χ4n) is 0.911. The summed E-state index contributed by atoms with van der Waals surface area (Å²) in [5.41, 5.74) is 0. The van der Waals surface area contributed by atoms with Crippen LogP contribution in [0.25, 0.3) is 0 Å². The molecule has 0 spiro atoms. The number of nitrogens with zero attached hydrogens (tertiary/aromatic N) is 1. The number of nitriles is 1. The van der Waals surface area contributed by atoms with Crippen molar-refractivity contribution in [2.24, 2.45) is 5.92 Å². The van der Waals surface area contributed by atoms with Crippen molar-refractivity contribution in [3.63, 3.8) is 0 Å². The average Bonchev–Trinajstić information content (AvgIpc) is 1.90. The van der Waals surface area contributed by atoms with Gasteiger partial charge in [-0.15, -0.1) is 0 Å². The maximum Gasteiger partial charge on any atom is 0.0659 e. The van der Waals surface area contributed by atoms with Crippen LogP contribution < -0.4 is 0 Å². The average molecular weight is 107 g/mol. The van der Waals surface area contributed by atoms with E-state index in [1.807, 2.05) is 0 Å². The van der Waals surface area contributed by atoms with Gasteiger partial charge >= 0.3 is 0 Å². The minimum Gasteiger partial charge on any atom is -0.198 e. The minimum atomic E-state index is 0.306. The predicted molar refractivity (Wildman–Crippen MR) is 32.1 cm³/mol. The maximum atomic E-state index is 8.41. The summed E-state index contributed by atoms with van der Waals surface area (Å²) in [4.78, 5) is 0. The van der Waals surface area contributed by atoms with Gasteiger partial charge in [-0.25, -0.2) is 0 Å². The van der Waals surface area contributed by atoms with Crippen LogP contribution in [-0.4, -0.2) is 0 Å². The Hall–Kier alpha value is -0.770. The molecule has 0 radical (unpaired) electrons. The number of hydrogen-bond acceptors (Lipinski definition) is 1. The molecule has 0 N–H and O–H groups in total. The second-order valence-electron chi connectivity index (χ2n) is 2.11. The van der Waals surface area contributed by atoms with Crippen molar-refractivity contribution in [3.05, 3.63) is 12.2 Å². The Kier molecular flexibility index (Phi) is 1.69. The first kappa shape index (κ1) is 5.37. The molecular formula is C7H9N. The van der Waals surface area contributed by atoms with Crippen LogP contribution in [-0.2, 0) is 0 Å². The molecule has 0 saturated carbocycles. The van der Waals surface area contributed by atoms with Crippen molar-refractivity contribution >= 4 is 0 Å². The highest BCUT2D eigenvalue weighted by molar-refractivity contribution is 4.97. The Morgan fingerprint density at radius 3 is 2.75 bits per heavy atom. The molecule has 1 nitrogen and oxygen atoms in total. The van der Waals surface area contributed by atoms with Gasteiger partial charge < -0.3 is 0 Å². The lowest BCUT2D eigenvalue weighted by Gasteiger charge is -2.06. The molecule has 0 aromatic heterocycles. The normalized spacial score (nSPS) is 27.1. The fourth-order valence-corrected chi connectivity index (χ4v) is 0.911. The van der Waals surface area contributed by atoms with Gasteiger partial charge in [0.1, 0.15) is 0 Å². The summed E-state index contributed by atoms with van der Waals surface area (Å²) in [6.45, 7) is 0. The van der Waals surface area contributed by atoms with Crippen LogP contribution in [0, 0.1) is 17.2 Å². The van der Waals surface area contributed by atoms with Gasteiger partial charge in [0.2, 0.25) is 0 Å². The molecule has 0 saturated heterocycles. The van der Waals surface area contributed by atoms with Crippen LogP contribution in [0.5, 0.6) is 0 Å². The van der Waals surface area contributed by atoms with Crippen LogP contribution in [0.4, 0.5) is 0 Å². The SMILES string of the molecule is N#C[C@H]1CC=CCC1. The monoisotopic (exact) mass is 107 g/mol. The molecule has 1 heteroatoms. The van der Waals surface area contributed by atoms with E-state index in [-0.39, 0.29) is 0 Å². The van der Waals surface area contributed by atoms with Crippen molar-refractivity contribution in [2.45, 2.75) is 19.3 Å². The summed E-state index contributed by atoms with van der Waals surface area (Å²) in [7, 11) is 0. The molecule has 0 heterocycles. The highest BCUT2D eigenvalue weighted by Crippen LogP contribution is 2.15. The summed E-state index contributed by atoms with van der Waals surface area (Å²) in [6.07, 6.45) is 7.37. The molecule has 0 aliphatic heterocycles. The van der Waals surface area contributed by atoms with E-state index in [0.717, 1.165) is 19.3 Å². The second kappa shape index (κ2) is 2.52. The molecule has 0 aromatic carbocycles. The van der Waals surface area contributed by atoms with E-state index in [1.54, 1.807) is 0 Å². The number of hydrogen-bond donors (Lipinski definition) is 0. The van der Waals surface area contributed by atoms with Crippen LogP contribution in [0.15, 0.2) is 12.2 Å². The molecule has 1 aliphatic rings. The van der Waals surface area contributed by atoms with Gasteiger partial charge in [0.15, 0.2) is 0 Å². The Morgan fingerprint density at radius 2 is 2.38 bits per heavy atom. The third kappa shape index (κ3) is 1.10. The van der Waals surface area contributed by atoms with E-state index in [9.17, 15) is 0 Å². The van der Waals surface area contributed by atoms with Gasteiger partial charge in [-0.3, -0.25) is 0 Å². The summed E-state index contributed by atoms with van der Waals surface area (Å²) in [5.74, 6) is 0.306. The first-order valence-electron chi connectivity index (χ1n) is 2.98. The Labute approximate surface area is 49.6 Å². The van der Waals surface area contributed by atoms with Crippen molar-refractivity contribution in [3.8, 4) is 6.07 Å². The molecule has 0 amide bonds. The molecule has 1 rings (SSSR count). The zero-order valence-electron chi connectivity index (χ0n) is 4.80. The van der Waals surface area contributed by atoms with Gasteiger partial charge in [0.05, 0.1) is 12.0 Å². The largest absolute Gasteiger partial charge is 0.198 e. The lowest BCUT2D eigenvalue weighted by molar-refractivity contribution is 0.596. The van der Waals surface area contributed by atoms with Gasteiger partial charge in [0, 0.05) is 0 Å². The molecule has 0 bridgehead atoms. The lowest BCUT2D eigenvalue weighted by Crippen LogP contribution is -1.97. The van der Waals surface area contributed by atoms with Crippen LogP contribution >= 0.6 is 0 Å². The van der Waals surface area contributed by atoms with Crippen LogP contribution in [0.1, 0.15) is 19.3 Å². The smallest absolute Gasteiger partial charge is 0.0659 e. The molecule has 0 aromatic rings. The molecule has 42 valence electrons. The quantitative estimate of drug-likeness (QED) is 0.433. The summed E-state index contributed by atoms with van der Waals surface area (Å²) in [6, 6.07) is 2.25. The maximum absolute atomic E-state index is 8.41. The fraction of sp³-hybridized carbons (Fsp3) is 0.571. The lowest BCUT2D eigenvalue weighted by atomic mass is 9.96. The summed E-state index contributed by atoms with van der Waals surface area (Å²) >= 11 is 0. The van der Waals surface area contributed by atoms with E-state index < -0.39 is 0 Å². The zero-order valence-corrected chi connectivity index (χ0v) is 4.80. The predicted octanol–water partition coefficient (Wildman–Crippen LogP) is 1.87. The Morgan fingerprint density at radius 1 is 1.50 bits per heavy atom. The molecule has 8 heavy (non-hydrogen) atoms. The number of allylic oxidation sites excluding steroid dienone is 2.